The number of amides is 1. The van der Waals surface area contributed by atoms with Crippen LogP contribution in [0.3, 0.4) is 0 Å². The summed E-state index contributed by atoms with van der Waals surface area (Å²) >= 11 is 3.74. The van der Waals surface area contributed by atoms with Gasteiger partial charge in [-0.25, -0.2) is 0 Å². The monoisotopic (exact) mass is 339 g/mol. The van der Waals surface area contributed by atoms with Crippen LogP contribution >= 0.6 is 23.1 Å². The second kappa shape index (κ2) is 8.34. The Balaban J connectivity index is 1.51. The summed E-state index contributed by atoms with van der Waals surface area (Å²) in [6.07, 6.45) is 3.15. The van der Waals surface area contributed by atoms with Gasteiger partial charge in [0.05, 0.1) is 6.04 Å². The Labute approximate surface area is 141 Å². The Kier molecular flexibility index (Phi) is 6.18. The third kappa shape index (κ3) is 4.47. The lowest BCUT2D eigenvalue weighted by Crippen LogP contribution is -2.43. The van der Waals surface area contributed by atoms with Crippen molar-refractivity contribution in [2.75, 3.05) is 37.7 Å². The third-order valence-electron chi connectivity index (χ3n) is 4.38. The van der Waals surface area contributed by atoms with Gasteiger partial charge in [0.1, 0.15) is 0 Å². The fourth-order valence-electron chi connectivity index (χ4n) is 3.20. The average Bonchev–Trinajstić information content (AvgIpc) is 3.22. The molecular weight excluding hydrogens is 314 g/mol. The fraction of sp³-hybridized carbons (Fsp3) is 0.688. The highest BCUT2D eigenvalue weighted by atomic mass is 32.2. The number of nitrogens with one attached hydrogen (secondary N) is 2. The lowest BCUT2D eigenvalue weighted by Gasteiger charge is -2.27. The van der Waals surface area contributed by atoms with Crippen LogP contribution in [0.2, 0.25) is 0 Å². The molecule has 2 aliphatic heterocycles. The molecule has 2 N–H and O–H groups in total. The highest BCUT2D eigenvalue weighted by Crippen LogP contribution is 2.27. The van der Waals surface area contributed by atoms with Gasteiger partial charge in [0.2, 0.25) is 5.91 Å². The normalized spacial score (nSPS) is 24.3. The highest BCUT2D eigenvalue weighted by molar-refractivity contribution is 7.99. The quantitative estimate of drug-likeness (QED) is 0.833. The second-order valence-electron chi connectivity index (χ2n) is 6.01. The van der Waals surface area contributed by atoms with Crippen molar-refractivity contribution in [3.05, 3.63) is 22.4 Å². The number of nitrogens with zero attached hydrogens (tertiary/aromatic N) is 1. The van der Waals surface area contributed by atoms with Crippen molar-refractivity contribution < 1.29 is 4.79 Å². The number of rotatable bonds is 6. The number of thioether (sulfide) groups is 1. The molecule has 1 aromatic heterocycles. The van der Waals surface area contributed by atoms with E-state index < -0.39 is 0 Å². The van der Waals surface area contributed by atoms with Gasteiger partial charge < -0.3 is 10.6 Å². The zero-order chi connectivity index (χ0) is 15.2. The SMILES string of the molecule is O=C(CC1CSCCN1)NCC(c1cccs1)N1CCCC1. The Morgan fingerprint density at radius 1 is 1.45 bits per heavy atom. The van der Waals surface area contributed by atoms with Crippen LogP contribution in [0.5, 0.6) is 0 Å². The summed E-state index contributed by atoms with van der Waals surface area (Å²) in [5.41, 5.74) is 0. The van der Waals surface area contributed by atoms with E-state index in [1.54, 1.807) is 11.3 Å². The number of carbonyl (C=O) groups is 1. The molecule has 122 valence electrons. The summed E-state index contributed by atoms with van der Waals surface area (Å²) in [7, 11) is 0. The van der Waals surface area contributed by atoms with Gasteiger partial charge in [-0.3, -0.25) is 9.69 Å². The molecule has 3 rings (SSSR count). The number of hydrogen-bond donors (Lipinski definition) is 2. The van der Waals surface area contributed by atoms with Crippen LogP contribution in [0.1, 0.15) is 30.2 Å². The maximum atomic E-state index is 12.2. The van der Waals surface area contributed by atoms with E-state index in [4.69, 9.17) is 0 Å². The van der Waals surface area contributed by atoms with Crippen molar-refractivity contribution in [2.45, 2.75) is 31.3 Å². The summed E-state index contributed by atoms with van der Waals surface area (Å²) in [5, 5.41) is 8.73. The summed E-state index contributed by atoms with van der Waals surface area (Å²) in [6, 6.07) is 4.98. The van der Waals surface area contributed by atoms with E-state index in [2.05, 4.69) is 33.0 Å². The molecule has 0 bridgehead atoms. The molecule has 2 aliphatic rings. The van der Waals surface area contributed by atoms with Gasteiger partial charge in [0.25, 0.3) is 0 Å². The molecule has 2 saturated heterocycles. The summed E-state index contributed by atoms with van der Waals surface area (Å²) in [6.45, 7) is 4.06. The van der Waals surface area contributed by atoms with Gasteiger partial charge in [0.15, 0.2) is 0 Å². The first-order valence-corrected chi connectivity index (χ1v) is 10.2. The maximum Gasteiger partial charge on any atom is 0.221 e. The number of hydrogen-bond acceptors (Lipinski definition) is 5. The summed E-state index contributed by atoms with van der Waals surface area (Å²) < 4.78 is 0. The van der Waals surface area contributed by atoms with E-state index >= 15 is 0 Å². The van der Waals surface area contributed by atoms with Gasteiger partial charge in [-0.2, -0.15) is 11.8 Å². The van der Waals surface area contributed by atoms with Crippen LogP contribution in [0, 0.1) is 0 Å². The van der Waals surface area contributed by atoms with Crippen LogP contribution in [0.15, 0.2) is 17.5 Å². The number of carbonyl (C=O) groups excluding carboxylic acids is 1. The number of likely N-dealkylation sites (tertiary alicyclic amines) is 1. The van der Waals surface area contributed by atoms with E-state index in [-0.39, 0.29) is 5.91 Å². The molecule has 2 unspecified atom stereocenters. The zero-order valence-corrected chi connectivity index (χ0v) is 14.6. The lowest BCUT2D eigenvalue weighted by atomic mass is 10.2. The molecule has 2 fully saturated rings. The van der Waals surface area contributed by atoms with Crippen molar-refractivity contribution in [1.29, 1.82) is 0 Å². The molecule has 0 radical (unpaired) electrons. The topological polar surface area (TPSA) is 44.4 Å². The fourth-order valence-corrected chi connectivity index (χ4v) is 5.01. The van der Waals surface area contributed by atoms with Crippen LogP contribution in [-0.4, -0.2) is 54.5 Å². The van der Waals surface area contributed by atoms with Crippen LogP contribution in [0.4, 0.5) is 0 Å². The molecule has 6 heteroatoms. The minimum absolute atomic E-state index is 0.181. The first-order chi connectivity index (χ1) is 10.8. The predicted molar refractivity (Wildman–Crippen MR) is 94.6 cm³/mol. The second-order valence-corrected chi connectivity index (χ2v) is 8.14. The van der Waals surface area contributed by atoms with E-state index in [0.29, 0.717) is 18.5 Å². The van der Waals surface area contributed by atoms with Gasteiger partial charge >= 0.3 is 0 Å². The maximum absolute atomic E-state index is 12.2. The molecule has 0 spiro atoms. The molecule has 2 atom stereocenters. The molecule has 4 nitrogen and oxygen atoms in total. The first kappa shape index (κ1) is 16.3. The molecular formula is C16H25N3OS2. The van der Waals surface area contributed by atoms with Crippen LogP contribution in [0.25, 0.3) is 0 Å². The molecule has 0 aromatic carbocycles. The van der Waals surface area contributed by atoms with Crippen LogP contribution < -0.4 is 10.6 Å². The molecule has 0 aliphatic carbocycles. The van der Waals surface area contributed by atoms with Crippen molar-refractivity contribution >= 4 is 29.0 Å². The van der Waals surface area contributed by atoms with E-state index in [9.17, 15) is 4.79 Å². The van der Waals surface area contributed by atoms with E-state index in [1.165, 1.54) is 17.7 Å². The zero-order valence-electron chi connectivity index (χ0n) is 12.9. The summed E-state index contributed by atoms with van der Waals surface area (Å²) in [5.74, 6) is 2.39. The minimum atomic E-state index is 0.181. The highest BCUT2D eigenvalue weighted by Gasteiger charge is 2.25. The number of thiophene rings is 1. The Morgan fingerprint density at radius 2 is 2.32 bits per heavy atom. The summed E-state index contributed by atoms with van der Waals surface area (Å²) in [4.78, 5) is 16.1. The van der Waals surface area contributed by atoms with Gasteiger partial charge in [0, 0.05) is 41.9 Å². The van der Waals surface area contributed by atoms with Crippen molar-refractivity contribution in [3.8, 4) is 0 Å². The smallest absolute Gasteiger partial charge is 0.221 e. The van der Waals surface area contributed by atoms with Crippen molar-refractivity contribution in [2.24, 2.45) is 0 Å². The molecule has 1 amide bonds. The third-order valence-corrected chi connectivity index (χ3v) is 6.48. The molecule has 22 heavy (non-hydrogen) atoms. The first-order valence-electron chi connectivity index (χ1n) is 8.18. The van der Waals surface area contributed by atoms with Gasteiger partial charge in [-0.05, 0) is 37.4 Å². The minimum Gasteiger partial charge on any atom is -0.354 e. The van der Waals surface area contributed by atoms with Crippen molar-refractivity contribution in [1.82, 2.24) is 15.5 Å². The molecule has 1 aromatic rings. The predicted octanol–water partition coefficient (Wildman–Crippen LogP) is 2.10. The van der Waals surface area contributed by atoms with Crippen molar-refractivity contribution in [3.63, 3.8) is 0 Å². The molecule has 3 heterocycles. The average molecular weight is 340 g/mol. The van der Waals surface area contributed by atoms with Gasteiger partial charge in [-0.15, -0.1) is 11.3 Å². The Bertz CT molecular complexity index is 454. The Morgan fingerprint density at radius 3 is 3.00 bits per heavy atom. The standard InChI is InChI=1S/C16H25N3OS2/c20-16(10-13-12-21-9-5-17-13)18-11-14(15-4-3-8-22-15)19-6-1-2-7-19/h3-4,8,13-14,17H,1-2,5-7,9-12H2,(H,18,20). The van der Waals surface area contributed by atoms with Crippen LogP contribution in [-0.2, 0) is 4.79 Å². The van der Waals surface area contributed by atoms with Gasteiger partial charge in [-0.1, -0.05) is 6.07 Å². The van der Waals surface area contributed by atoms with E-state index in [1.807, 2.05) is 11.8 Å². The lowest BCUT2D eigenvalue weighted by molar-refractivity contribution is -0.121. The van der Waals surface area contributed by atoms with E-state index in [0.717, 1.165) is 37.7 Å². The largest absolute Gasteiger partial charge is 0.354 e. The molecule has 0 saturated carbocycles. The Hall–Kier alpha value is -0.560.